The first kappa shape index (κ1) is 20.9. The molecule has 0 aliphatic carbocycles. The SMILES string of the molecule is COc1cc(C=C2CCCN([C@H](C)c3cc(Br)cs3)C2=O)ccc1-n1cnc(C)c1. The molecule has 4 rings (SSSR count). The first-order valence-corrected chi connectivity index (χ1v) is 11.6. The quantitative estimate of drug-likeness (QED) is 0.430. The minimum Gasteiger partial charge on any atom is -0.495 e. The smallest absolute Gasteiger partial charge is 0.250 e. The van der Waals surface area contributed by atoms with Crippen LogP contribution in [0, 0.1) is 6.92 Å². The van der Waals surface area contributed by atoms with Gasteiger partial charge in [0.15, 0.2) is 0 Å². The van der Waals surface area contributed by atoms with Gasteiger partial charge in [-0.3, -0.25) is 4.79 Å². The van der Waals surface area contributed by atoms with Crippen molar-refractivity contribution in [2.75, 3.05) is 13.7 Å². The van der Waals surface area contributed by atoms with Gasteiger partial charge in [0.25, 0.3) is 0 Å². The number of carbonyl (C=O) groups is 1. The van der Waals surface area contributed by atoms with Crippen LogP contribution in [0.1, 0.15) is 41.9 Å². The average molecular weight is 486 g/mol. The number of benzene rings is 1. The molecule has 7 heteroatoms. The van der Waals surface area contributed by atoms with Crippen LogP contribution in [0.2, 0.25) is 0 Å². The number of thiophene rings is 1. The third-order valence-electron chi connectivity index (χ3n) is 5.38. The minimum atomic E-state index is 0.0684. The maximum atomic E-state index is 13.2. The zero-order valence-corrected chi connectivity index (χ0v) is 19.7. The van der Waals surface area contributed by atoms with E-state index in [0.29, 0.717) is 0 Å². The van der Waals surface area contributed by atoms with Crippen molar-refractivity contribution in [1.29, 1.82) is 0 Å². The van der Waals surface area contributed by atoms with E-state index < -0.39 is 0 Å². The van der Waals surface area contributed by atoms with Crippen LogP contribution in [-0.4, -0.2) is 34.0 Å². The van der Waals surface area contributed by atoms with Crippen LogP contribution in [0.25, 0.3) is 11.8 Å². The number of hydrogen-bond acceptors (Lipinski definition) is 4. The van der Waals surface area contributed by atoms with E-state index in [1.807, 2.05) is 46.9 Å². The summed E-state index contributed by atoms with van der Waals surface area (Å²) in [5.74, 6) is 0.866. The minimum absolute atomic E-state index is 0.0684. The Morgan fingerprint density at radius 3 is 2.83 bits per heavy atom. The molecule has 0 N–H and O–H groups in total. The lowest BCUT2D eigenvalue weighted by molar-refractivity contribution is -0.130. The Balaban J connectivity index is 1.60. The third-order valence-corrected chi connectivity index (χ3v) is 7.25. The number of imidazole rings is 1. The molecule has 3 heterocycles. The molecule has 0 radical (unpaired) electrons. The fourth-order valence-corrected chi connectivity index (χ4v) is 5.30. The first-order chi connectivity index (χ1) is 14.5. The van der Waals surface area contributed by atoms with E-state index in [0.717, 1.165) is 52.1 Å². The molecular formula is C23H24BrN3O2S. The molecule has 1 aromatic carbocycles. The van der Waals surface area contributed by atoms with Crippen molar-refractivity contribution in [1.82, 2.24) is 14.5 Å². The number of ether oxygens (including phenoxy) is 1. The van der Waals surface area contributed by atoms with Crippen LogP contribution in [0.15, 0.2) is 52.2 Å². The molecule has 1 saturated heterocycles. The average Bonchev–Trinajstić information content (AvgIpc) is 3.37. The number of nitrogens with zero attached hydrogens (tertiary/aromatic N) is 3. The molecule has 1 aliphatic rings. The molecule has 1 atom stereocenters. The van der Waals surface area contributed by atoms with Crippen molar-refractivity contribution in [2.45, 2.75) is 32.7 Å². The molecule has 30 heavy (non-hydrogen) atoms. The summed E-state index contributed by atoms with van der Waals surface area (Å²) < 4.78 is 8.62. The molecule has 156 valence electrons. The number of likely N-dealkylation sites (tertiary alicyclic amines) is 1. The highest BCUT2D eigenvalue weighted by Crippen LogP contribution is 2.33. The van der Waals surface area contributed by atoms with Crippen molar-refractivity contribution in [3.05, 3.63) is 68.4 Å². The van der Waals surface area contributed by atoms with Crippen LogP contribution in [0.3, 0.4) is 0 Å². The van der Waals surface area contributed by atoms with Crippen molar-refractivity contribution >= 4 is 39.2 Å². The summed E-state index contributed by atoms with van der Waals surface area (Å²) >= 11 is 5.19. The molecule has 0 saturated carbocycles. The van der Waals surface area contributed by atoms with Gasteiger partial charge in [0.05, 0.1) is 30.9 Å². The Labute approximate surface area is 189 Å². The van der Waals surface area contributed by atoms with Gasteiger partial charge in [0.1, 0.15) is 5.75 Å². The third kappa shape index (κ3) is 4.23. The highest BCUT2D eigenvalue weighted by Gasteiger charge is 2.28. The zero-order chi connectivity index (χ0) is 21.3. The monoisotopic (exact) mass is 485 g/mol. The summed E-state index contributed by atoms with van der Waals surface area (Å²) in [6, 6.07) is 8.17. The Morgan fingerprint density at radius 1 is 1.33 bits per heavy atom. The van der Waals surface area contributed by atoms with Crippen molar-refractivity contribution in [3.8, 4) is 11.4 Å². The largest absolute Gasteiger partial charge is 0.495 e. The number of aryl methyl sites for hydroxylation is 1. The molecule has 5 nitrogen and oxygen atoms in total. The van der Waals surface area contributed by atoms with E-state index in [1.54, 1.807) is 24.8 Å². The summed E-state index contributed by atoms with van der Waals surface area (Å²) in [5.41, 5.74) is 3.68. The highest BCUT2D eigenvalue weighted by molar-refractivity contribution is 9.10. The summed E-state index contributed by atoms with van der Waals surface area (Å²) in [5, 5.41) is 2.06. The lowest BCUT2D eigenvalue weighted by Crippen LogP contribution is -2.38. The highest BCUT2D eigenvalue weighted by atomic mass is 79.9. The molecule has 0 unspecified atom stereocenters. The van der Waals surface area contributed by atoms with E-state index >= 15 is 0 Å². The van der Waals surface area contributed by atoms with Gasteiger partial charge in [-0.05, 0) is 72.5 Å². The van der Waals surface area contributed by atoms with Gasteiger partial charge in [-0.2, -0.15) is 0 Å². The Bertz CT molecular complexity index is 1100. The standard InChI is InChI=1S/C23H24BrN3O2S/c1-15-12-26(14-25-15)20-7-6-17(10-21(20)29-3)9-18-5-4-8-27(23(18)28)16(2)22-11-19(24)13-30-22/h6-7,9-14,16H,4-5,8H2,1-3H3/t16-/m1/s1. The number of aromatic nitrogens is 2. The van der Waals surface area contributed by atoms with Crippen LogP contribution >= 0.6 is 27.3 Å². The van der Waals surface area contributed by atoms with Gasteiger partial charge in [-0.25, -0.2) is 4.98 Å². The number of halogens is 1. The number of methoxy groups -OCH3 is 1. The molecule has 0 spiro atoms. The van der Waals surface area contributed by atoms with Gasteiger partial charge in [0.2, 0.25) is 5.91 Å². The molecule has 0 bridgehead atoms. The second-order valence-corrected chi connectivity index (χ2v) is 9.33. The fraction of sp³-hybridized carbons (Fsp3) is 0.304. The molecule has 1 amide bonds. The van der Waals surface area contributed by atoms with Crippen LogP contribution < -0.4 is 4.74 Å². The predicted octanol–water partition coefficient (Wildman–Crippen LogP) is 5.78. The topological polar surface area (TPSA) is 47.4 Å². The Hall–Kier alpha value is -2.38. The van der Waals surface area contributed by atoms with Gasteiger partial charge in [-0.1, -0.05) is 6.07 Å². The number of carbonyl (C=O) groups excluding carboxylic acids is 1. The van der Waals surface area contributed by atoms with E-state index in [1.165, 1.54) is 4.88 Å². The molecule has 2 aromatic heterocycles. The number of hydrogen-bond donors (Lipinski definition) is 0. The fourth-order valence-electron chi connectivity index (χ4n) is 3.79. The molecular weight excluding hydrogens is 462 g/mol. The molecule has 1 fully saturated rings. The van der Waals surface area contributed by atoms with Gasteiger partial charge in [0, 0.05) is 33.0 Å². The summed E-state index contributed by atoms with van der Waals surface area (Å²) in [7, 11) is 1.66. The summed E-state index contributed by atoms with van der Waals surface area (Å²) in [6.07, 6.45) is 7.50. The molecule has 1 aliphatic heterocycles. The Morgan fingerprint density at radius 2 is 2.17 bits per heavy atom. The van der Waals surface area contributed by atoms with Gasteiger partial charge >= 0.3 is 0 Å². The maximum absolute atomic E-state index is 13.2. The van der Waals surface area contributed by atoms with Crippen molar-refractivity contribution in [2.24, 2.45) is 0 Å². The van der Waals surface area contributed by atoms with E-state index in [4.69, 9.17) is 4.74 Å². The van der Waals surface area contributed by atoms with E-state index in [2.05, 4.69) is 39.3 Å². The van der Waals surface area contributed by atoms with Crippen LogP contribution in [-0.2, 0) is 4.79 Å². The summed E-state index contributed by atoms with van der Waals surface area (Å²) in [6.45, 7) is 4.84. The maximum Gasteiger partial charge on any atom is 0.250 e. The number of amides is 1. The van der Waals surface area contributed by atoms with Gasteiger partial charge in [-0.15, -0.1) is 11.3 Å². The molecule has 3 aromatic rings. The van der Waals surface area contributed by atoms with Crippen LogP contribution in [0.4, 0.5) is 0 Å². The second-order valence-electron chi connectivity index (χ2n) is 7.47. The van der Waals surface area contributed by atoms with E-state index in [-0.39, 0.29) is 11.9 Å². The number of rotatable bonds is 5. The first-order valence-electron chi connectivity index (χ1n) is 9.90. The van der Waals surface area contributed by atoms with Crippen molar-refractivity contribution in [3.63, 3.8) is 0 Å². The number of piperidine rings is 1. The van der Waals surface area contributed by atoms with Crippen LogP contribution in [0.5, 0.6) is 5.75 Å². The summed E-state index contributed by atoms with van der Waals surface area (Å²) in [4.78, 5) is 20.7. The lowest BCUT2D eigenvalue weighted by Gasteiger charge is -2.33. The van der Waals surface area contributed by atoms with Crippen molar-refractivity contribution < 1.29 is 9.53 Å². The predicted molar refractivity (Wildman–Crippen MR) is 124 cm³/mol. The Kier molecular flexibility index (Phi) is 6.11. The second kappa shape index (κ2) is 8.78. The van der Waals surface area contributed by atoms with E-state index in [9.17, 15) is 4.79 Å². The normalized spacial score (nSPS) is 16.9. The lowest BCUT2D eigenvalue weighted by atomic mass is 9.99. The zero-order valence-electron chi connectivity index (χ0n) is 17.3. The van der Waals surface area contributed by atoms with Gasteiger partial charge < -0.3 is 14.2 Å².